The van der Waals surface area contributed by atoms with Crippen LogP contribution in [0.15, 0.2) is 83.4 Å². The first-order valence-electron chi connectivity index (χ1n) is 9.62. The summed E-state index contributed by atoms with van der Waals surface area (Å²) in [6.45, 7) is 3.67. The zero-order valence-corrected chi connectivity index (χ0v) is 17.8. The second kappa shape index (κ2) is 10.2. The Labute approximate surface area is 192 Å². The molecule has 0 fully saturated rings. The number of carbonyl (C=O) groups excluding carboxylic acids is 2. The summed E-state index contributed by atoms with van der Waals surface area (Å²) >= 11 is 5.83. The standard InChI is InChI=1S/C24H18ClF3N2O3/c1-2-12-29-23(32)20(30-22(31)15-6-8-18(25)9-7-15)14-19-10-11-21(33-19)16-4-3-5-17(13-16)24(26,27)28/h2-11,13-14H,1,12H2,(H,29,32)(H,30,31). The first-order valence-corrected chi connectivity index (χ1v) is 10.0. The van der Waals surface area contributed by atoms with Gasteiger partial charge in [0.15, 0.2) is 0 Å². The second-order valence-electron chi connectivity index (χ2n) is 6.80. The van der Waals surface area contributed by atoms with E-state index in [9.17, 15) is 22.8 Å². The molecule has 5 nitrogen and oxygen atoms in total. The fraction of sp³-hybridized carbons (Fsp3) is 0.0833. The molecular weight excluding hydrogens is 457 g/mol. The van der Waals surface area contributed by atoms with Crippen LogP contribution < -0.4 is 10.6 Å². The maximum atomic E-state index is 13.0. The molecule has 0 atom stereocenters. The van der Waals surface area contributed by atoms with Crippen molar-refractivity contribution in [1.29, 1.82) is 0 Å². The van der Waals surface area contributed by atoms with Crippen LogP contribution in [-0.2, 0) is 11.0 Å². The molecule has 1 heterocycles. The van der Waals surface area contributed by atoms with Crippen molar-refractivity contribution in [1.82, 2.24) is 10.6 Å². The quantitative estimate of drug-likeness (QED) is 0.341. The Morgan fingerprint density at radius 1 is 1.06 bits per heavy atom. The van der Waals surface area contributed by atoms with Gasteiger partial charge >= 0.3 is 6.18 Å². The number of carbonyl (C=O) groups is 2. The number of rotatable bonds is 7. The maximum absolute atomic E-state index is 13.0. The molecule has 0 radical (unpaired) electrons. The number of hydrogen-bond donors (Lipinski definition) is 2. The van der Waals surface area contributed by atoms with E-state index >= 15 is 0 Å². The fourth-order valence-corrected chi connectivity index (χ4v) is 2.92. The smallest absolute Gasteiger partial charge is 0.416 e. The molecular formula is C24H18ClF3N2O3. The molecule has 2 amide bonds. The lowest BCUT2D eigenvalue weighted by molar-refractivity contribution is -0.137. The van der Waals surface area contributed by atoms with Crippen molar-refractivity contribution in [3.05, 3.63) is 101 Å². The van der Waals surface area contributed by atoms with Crippen LogP contribution in [0.25, 0.3) is 17.4 Å². The van der Waals surface area contributed by atoms with E-state index in [-0.39, 0.29) is 34.9 Å². The van der Waals surface area contributed by atoms with Gasteiger partial charge in [-0.1, -0.05) is 29.8 Å². The molecule has 0 spiro atoms. The van der Waals surface area contributed by atoms with Crippen molar-refractivity contribution < 1.29 is 27.2 Å². The van der Waals surface area contributed by atoms with Gasteiger partial charge < -0.3 is 15.1 Å². The van der Waals surface area contributed by atoms with Crippen LogP contribution in [-0.4, -0.2) is 18.4 Å². The molecule has 0 unspecified atom stereocenters. The summed E-state index contributed by atoms with van der Waals surface area (Å²) in [6.07, 6.45) is -1.74. The Kier molecular flexibility index (Phi) is 7.40. The Hall–Kier alpha value is -3.78. The third-order valence-corrected chi connectivity index (χ3v) is 4.65. The minimum absolute atomic E-state index is 0.123. The van der Waals surface area contributed by atoms with Crippen LogP contribution in [0, 0.1) is 0 Å². The van der Waals surface area contributed by atoms with Crippen LogP contribution in [0.5, 0.6) is 0 Å². The van der Waals surface area contributed by atoms with Crippen LogP contribution >= 0.6 is 11.6 Å². The minimum atomic E-state index is -4.49. The van der Waals surface area contributed by atoms with Crippen LogP contribution in [0.1, 0.15) is 21.7 Å². The zero-order valence-electron chi connectivity index (χ0n) is 17.1. The number of alkyl halides is 3. The molecule has 1 aromatic heterocycles. The minimum Gasteiger partial charge on any atom is -0.457 e. The zero-order chi connectivity index (χ0) is 24.0. The molecule has 170 valence electrons. The molecule has 0 aliphatic carbocycles. The molecule has 3 aromatic rings. The number of nitrogens with one attached hydrogen (secondary N) is 2. The summed E-state index contributed by atoms with van der Waals surface area (Å²) in [7, 11) is 0. The monoisotopic (exact) mass is 474 g/mol. The molecule has 0 bridgehead atoms. The van der Waals surface area contributed by atoms with Crippen molar-refractivity contribution in [2.75, 3.05) is 6.54 Å². The number of amides is 2. The van der Waals surface area contributed by atoms with Crippen molar-refractivity contribution in [2.45, 2.75) is 6.18 Å². The second-order valence-corrected chi connectivity index (χ2v) is 7.23. The Morgan fingerprint density at radius 3 is 2.45 bits per heavy atom. The lowest BCUT2D eigenvalue weighted by atomic mass is 10.1. The lowest BCUT2D eigenvalue weighted by Gasteiger charge is -2.10. The highest BCUT2D eigenvalue weighted by Crippen LogP contribution is 2.32. The maximum Gasteiger partial charge on any atom is 0.416 e. The molecule has 2 N–H and O–H groups in total. The SMILES string of the molecule is C=CCNC(=O)C(=Cc1ccc(-c2cccc(C(F)(F)F)c2)o1)NC(=O)c1ccc(Cl)cc1. The van der Waals surface area contributed by atoms with Crippen molar-refractivity contribution in [3.63, 3.8) is 0 Å². The van der Waals surface area contributed by atoms with E-state index in [1.54, 1.807) is 0 Å². The first kappa shape index (κ1) is 23.9. The third kappa shape index (κ3) is 6.36. The Bertz CT molecular complexity index is 1200. The first-order chi connectivity index (χ1) is 15.7. The van der Waals surface area contributed by atoms with Gasteiger partial charge in [-0.3, -0.25) is 9.59 Å². The molecule has 33 heavy (non-hydrogen) atoms. The molecule has 3 rings (SSSR count). The van der Waals surface area contributed by atoms with Gasteiger partial charge in [0.25, 0.3) is 11.8 Å². The van der Waals surface area contributed by atoms with Crippen LogP contribution in [0.3, 0.4) is 0 Å². The normalized spacial score (nSPS) is 11.7. The topological polar surface area (TPSA) is 71.3 Å². The highest BCUT2D eigenvalue weighted by molar-refractivity contribution is 6.30. The van der Waals surface area contributed by atoms with Gasteiger partial charge in [0.2, 0.25) is 0 Å². The summed E-state index contributed by atoms with van der Waals surface area (Å²) in [5.41, 5.74) is -0.451. The van der Waals surface area contributed by atoms with Gasteiger partial charge in [0.1, 0.15) is 17.2 Å². The third-order valence-electron chi connectivity index (χ3n) is 4.39. The number of benzene rings is 2. The van der Waals surface area contributed by atoms with Crippen molar-refractivity contribution in [2.24, 2.45) is 0 Å². The Balaban J connectivity index is 1.89. The van der Waals surface area contributed by atoms with Crippen molar-refractivity contribution >= 4 is 29.5 Å². The molecule has 0 saturated heterocycles. The highest BCUT2D eigenvalue weighted by atomic mass is 35.5. The van der Waals surface area contributed by atoms with E-state index in [1.807, 2.05) is 0 Å². The Morgan fingerprint density at radius 2 is 1.79 bits per heavy atom. The summed E-state index contributed by atoms with van der Waals surface area (Å²) in [4.78, 5) is 25.1. The van der Waals surface area contributed by atoms with E-state index in [1.165, 1.54) is 60.7 Å². The highest BCUT2D eigenvalue weighted by Gasteiger charge is 2.30. The average molecular weight is 475 g/mol. The molecule has 9 heteroatoms. The van der Waals surface area contributed by atoms with E-state index < -0.39 is 23.6 Å². The predicted molar refractivity (Wildman–Crippen MR) is 119 cm³/mol. The van der Waals surface area contributed by atoms with Crippen LogP contribution in [0.2, 0.25) is 5.02 Å². The fourth-order valence-electron chi connectivity index (χ4n) is 2.79. The van der Waals surface area contributed by atoms with Gasteiger partial charge in [-0.25, -0.2) is 0 Å². The summed E-state index contributed by atoms with van der Waals surface area (Å²) in [6, 6.07) is 13.7. The van der Waals surface area contributed by atoms with Crippen molar-refractivity contribution in [3.8, 4) is 11.3 Å². The van der Waals surface area contributed by atoms with E-state index in [2.05, 4.69) is 17.2 Å². The van der Waals surface area contributed by atoms with Gasteiger partial charge in [-0.15, -0.1) is 6.58 Å². The van der Waals surface area contributed by atoms with Gasteiger partial charge in [-0.05, 0) is 48.5 Å². The summed E-state index contributed by atoms with van der Waals surface area (Å²) in [5, 5.41) is 5.51. The molecule has 0 aliphatic heterocycles. The number of furan rings is 1. The van der Waals surface area contributed by atoms with Gasteiger partial charge in [0, 0.05) is 28.8 Å². The largest absolute Gasteiger partial charge is 0.457 e. The van der Waals surface area contributed by atoms with E-state index in [0.29, 0.717) is 5.02 Å². The summed E-state index contributed by atoms with van der Waals surface area (Å²) < 4.78 is 44.6. The van der Waals surface area contributed by atoms with Gasteiger partial charge in [-0.2, -0.15) is 13.2 Å². The van der Waals surface area contributed by atoms with Crippen LogP contribution in [0.4, 0.5) is 13.2 Å². The molecule has 0 saturated carbocycles. The van der Waals surface area contributed by atoms with E-state index in [4.69, 9.17) is 16.0 Å². The van der Waals surface area contributed by atoms with E-state index in [0.717, 1.165) is 12.1 Å². The molecule has 2 aromatic carbocycles. The van der Waals surface area contributed by atoms with Gasteiger partial charge in [0.05, 0.1) is 5.56 Å². The molecule has 0 aliphatic rings. The lowest BCUT2D eigenvalue weighted by Crippen LogP contribution is -2.34. The predicted octanol–water partition coefficient (Wildman–Crippen LogP) is 5.69. The average Bonchev–Trinajstić information content (AvgIpc) is 3.25. The number of hydrogen-bond acceptors (Lipinski definition) is 3. The number of halogens is 4. The summed E-state index contributed by atoms with van der Waals surface area (Å²) in [5.74, 6) is -0.838.